The van der Waals surface area contributed by atoms with E-state index in [0.717, 1.165) is 67.5 Å². The maximum absolute atomic E-state index is 13.1. The first-order chi connectivity index (χ1) is 14.6. The molecule has 6 nitrogen and oxygen atoms in total. The molecule has 166 valence electrons. The number of fused-ring (bicyclic) bond motifs is 3. The standard InChI is InChI=1S/C24H35BN4O2/c1-24(2,3)31-23(30)29-21-8-6-17(26-16-10-12-27(4)13-11-16)14-19(21)20-15-18(28(5)25)7-9-22(20)29/h6,8,14,16,18,26H,7,9-13,15H2,1-5H3. The lowest BCUT2D eigenvalue weighted by Crippen LogP contribution is -2.36. The van der Waals surface area contributed by atoms with Crippen LogP contribution in [0.2, 0.25) is 0 Å². The zero-order valence-electron chi connectivity index (χ0n) is 19.6. The lowest BCUT2D eigenvalue weighted by atomic mass is 9.89. The number of carbonyl (C=O) groups is 1. The summed E-state index contributed by atoms with van der Waals surface area (Å²) >= 11 is 0. The first-order valence-electron chi connectivity index (χ1n) is 11.4. The van der Waals surface area contributed by atoms with E-state index in [2.05, 4.69) is 35.5 Å². The van der Waals surface area contributed by atoms with Crippen molar-refractivity contribution < 1.29 is 9.53 Å². The molecule has 0 amide bonds. The van der Waals surface area contributed by atoms with E-state index in [1.54, 1.807) is 9.38 Å². The van der Waals surface area contributed by atoms with E-state index < -0.39 is 5.60 Å². The summed E-state index contributed by atoms with van der Waals surface area (Å²) < 4.78 is 7.55. The molecule has 2 radical (unpaired) electrons. The van der Waals surface area contributed by atoms with Gasteiger partial charge in [0.15, 0.2) is 7.98 Å². The molecule has 0 spiro atoms. The summed E-state index contributed by atoms with van der Waals surface area (Å²) in [6, 6.07) is 7.14. The molecule has 1 aromatic heterocycles. The third-order valence-corrected chi connectivity index (χ3v) is 6.58. The number of benzene rings is 1. The monoisotopic (exact) mass is 422 g/mol. The summed E-state index contributed by atoms with van der Waals surface area (Å²) in [5.74, 6) is 0. The van der Waals surface area contributed by atoms with Crippen LogP contribution in [-0.2, 0) is 17.6 Å². The molecule has 1 unspecified atom stereocenters. The highest BCUT2D eigenvalue weighted by Gasteiger charge is 2.30. The van der Waals surface area contributed by atoms with Gasteiger partial charge in [0, 0.05) is 28.9 Å². The quantitative estimate of drug-likeness (QED) is 0.763. The minimum absolute atomic E-state index is 0.274. The number of hydrogen-bond acceptors (Lipinski definition) is 5. The molecule has 1 aliphatic carbocycles. The van der Waals surface area contributed by atoms with Gasteiger partial charge in [-0.05, 0) is 104 Å². The Bertz CT molecular complexity index is 955. The molecule has 4 rings (SSSR count). The van der Waals surface area contributed by atoms with Crippen molar-refractivity contribution in [2.24, 2.45) is 0 Å². The van der Waals surface area contributed by atoms with Crippen LogP contribution in [0.1, 0.15) is 51.3 Å². The van der Waals surface area contributed by atoms with Gasteiger partial charge in [0.1, 0.15) is 5.60 Å². The van der Waals surface area contributed by atoms with Crippen LogP contribution in [0.5, 0.6) is 0 Å². The molecule has 2 aliphatic rings. The van der Waals surface area contributed by atoms with Crippen molar-refractivity contribution in [2.45, 2.75) is 70.6 Å². The first-order valence-corrected chi connectivity index (χ1v) is 11.4. The van der Waals surface area contributed by atoms with E-state index in [-0.39, 0.29) is 12.1 Å². The van der Waals surface area contributed by atoms with Gasteiger partial charge in [-0.15, -0.1) is 0 Å². The average molecular weight is 422 g/mol. The normalized spacial score (nSPS) is 20.8. The van der Waals surface area contributed by atoms with Crippen LogP contribution >= 0.6 is 0 Å². The number of anilines is 1. The largest absolute Gasteiger partial charge is 0.443 e. The summed E-state index contributed by atoms with van der Waals surface area (Å²) in [7, 11) is 10.2. The van der Waals surface area contributed by atoms with Crippen molar-refractivity contribution in [1.82, 2.24) is 14.3 Å². The lowest BCUT2D eigenvalue weighted by molar-refractivity contribution is 0.0539. The van der Waals surface area contributed by atoms with Gasteiger partial charge in [-0.1, -0.05) is 0 Å². The fourth-order valence-electron chi connectivity index (χ4n) is 4.88. The third kappa shape index (κ3) is 4.77. The minimum atomic E-state index is -0.537. The van der Waals surface area contributed by atoms with Crippen LogP contribution in [0.25, 0.3) is 10.9 Å². The zero-order valence-corrected chi connectivity index (χ0v) is 19.6. The van der Waals surface area contributed by atoms with Crippen LogP contribution in [0, 0.1) is 0 Å². The molecule has 1 N–H and O–H groups in total. The second-order valence-electron chi connectivity index (χ2n) is 10.3. The second-order valence-corrected chi connectivity index (χ2v) is 10.3. The lowest BCUT2D eigenvalue weighted by Gasteiger charge is -2.30. The average Bonchev–Trinajstić information content (AvgIpc) is 3.01. The highest BCUT2D eigenvalue weighted by molar-refractivity contribution is 6.04. The Kier molecular flexibility index (Phi) is 6.10. The number of carbonyl (C=O) groups excluding carboxylic acids is 1. The van der Waals surface area contributed by atoms with E-state index in [0.29, 0.717) is 6.04 Å². The number of likely N-dealkylation sites (N-methyl/N-ethyl adjacent to an activating group) is 1. The van der Waals surface area contributed by atoms with Crippen molar-refractivity contribution in [3.63, 3.8) is 0 Å². The summed E-state index contributed by atoms with van der Waals surface area (Å²) in [5.41, 5.74) is 3.80. The molecule has 0 bridgehead atoms. The fraction of sp³-hybridized carbons (Fsp3) is 0.625. The number of likely N-dealkylation sites (tertiary alicyclic amines) is 1. The van der Waals surface area contributed by atoms with Crippen LogP contribution in [-0.4, -0.2) is 73.2 Å². The molecule has 1 fully saturated rings. The van der Waals surface area contributed by atoms with E-state index in [1.807, 2.05) is 27.8 Å². The molecule has 0 saturated carbocycles. The van der Waals surface area contributed by atoms with Gasteiger partial charge < -0.3 is 19.8 Å². The highest BCUT2D eigenvalue weighted by Crippen LogP contribution is 2.35. The number of nitrogens with one attached hydrogen (secondary N) is 1. The smallest absolute Gasteiger partial charge is 0.419 e. The number of rotatable bonds is 3. The van der Waals surface area contributed by atoms with Crippen molar-refractivity contribution in [2.75, 3.05) is 32.5 Å². The molecule has 2 aromatic rings. The van der Waals surface area contributed by atoms with Crippen molar-refractivity contribution in [3.8, 4) is 0 Å². The van der Waals surface area contributed by atoms with Gasteiger partial charge in [0.2, 0.25) is 0 Å². The van der Waals surface area contributed by atoms with E-state index in [4.69, 9.17) is 12.7 Å². The molecule has 1 saturated heterocycles. The first kappa shape index (κ1) is 22.2. The van der Waals surface area contributed by atoms with Gasteiger partial charge in [-0.25, -0.2) is 9.36 Å². The second kappa shape index (κ2) is 8.51. The van der Waals surface area contributed by atoms with Crippen molar-refractivity contribution in [1.29, 1.82) is 0 Å². The fourth-order valence-corrected chi connectivity index (χ4v) is 4.88. The maximum Gasteiger partial charge on any atom is 0.419 e. The van der Waals surface area contributed by atoms with Gasteiger partial charge in [0.25, 0.3) is 0 Å². The Morgan fingerprint density at radius 2 is 1.94 bits per heavy atom. The van der Waals surface area contributed by atoms with E-state index in [9.17, 15) is 4.79 Å². The number of hydrogen-bond donors (Lipinski definition) is 1. The predicted octanol–water partition coefficient (Wildman–Crippen LogP) is 3.80. The van der Waals surface area contributed by atoms with E-state index >= 15 is 0 Å². The van der Waals surface area contributed by atoms with Crippen LogP contribution < -0.4 is 5.32 Å². The molecule has 2 heterocycles. The number of nitrogens with zero attached hydrogens (tertiary/aromatic N) is 3. The Morgan fingerprint density at radius 1 is 1.23 bits per heavy atom. The van der Waals surface area contributed by atoms with Crippen molar-refractivity contribution in [3.05, 3.63) is 29.5 Å². The molecule has 31 heavy (non-hydrogen) atoms. The Labute approximate surface area is 187 Å². The minimum Gasteiger partial charge on any atom is -0.443 e. The van der Waals surface area contributed by atoms with Crippen LogP contribution in [0.3, 0.4) is 0 Å². The summed E-state index contributed by atoms with van der Waals surface area (Å²) in [4.78, 5) is 17.3. The Morgan fingerprint density at radius 3 is 2.58 bits per heavy atom. The summed E-state index contributed by atoms with van der Waals surface area (Å²) in [6.45, 7) is 7.97. The van der Waals surface area contributed by atoms with Crippen LogP contribution in [0.15, 0.2) is 18.2 Å². The number of ether oxygens (including phenoxy) is 1. The van der Waals surface area contributed by atoms with Gasteiger partial charge >= 0.3 is 6.09 Å². The predicted molar refractivity (Wildman–Crippen MR) is 127 cm³/mol. The maximum atomic E-state index is 13.1. The summed E-state index contributed by atoms with van der Waals surface area (Å²) in [5, 5.41) is 4.85. The molecule has 1 aromatic carbocycles. The topological polar surface area (TPSA) is 49.7 Å². The van der Waals surface area contributed by atoms with Crippen LogP contribution in [0.4, 0.5) is 10.5 Å². The Hall–Kier alpha value is -1.99. The van der Waals surface area contributed by atoms with Gasteiger partial charge in [0.05, 0.1) is 5.52 Å². The zero-order chi connectivity index (χ0) is 22.3. The molecule has 7 heteroatoms. The number of aromatic nitrogens is 1. The molecular weight excluding hydrogens is 387 g/mol. The molecular formula is C24H35BN4O2. The third-order valence-electron chi connectivity index (χ3n) is 6.58. The molecule has 1 aliphatic heterocycles. The van der Waals surface area contributed by atoms with Gasteiger partial charge in [-0.2, -0.15) is 0 Å². The Balaban J connectivity index is 1.72. The van der Waals surface area contributed by atoms with Gasteiger partial charge in [-0.3, -0.25) is 0 Å². The molecule has 1 atom stereocenters. The SMILES string of the molecule is [B]N(C)C1CCc2c(c3cc(NC4CCN(C)CC4)ccc3n2C(=O)OC(C)(C)C)C1. The summed E-state index contributed by atoms with van der Waals surface area (Å²) in [6.07, 6.45) is 4.57. The number of piperidine rings is 1. The van der Waals surface area contributed by atoms with Crippen molar-refractivity contribution >= 4 is 30.7 Å². The highest BCUT2D eigenvalue weighted by atomic mass is 16.6. The van der Waals surface area contributed by atoms with E-state index in [1.165, 1.54) is 5.56 Å².